The number of anilines is 1. The highest BCUT2D eigenvalue weighted by molar-refractivity contribution is 7.92. The largest absolute Gasteiger partial charge is 0.480 e. The molecule has 0 aliphatic heterocycles. The Kier molecular flexibility index (Phi) is 25.0. The smallest absolute Gasteiger partial charge is 0.329 e. The van der Waals surface area contributed by atoms with E-state index in [2.05, 4.69) is 25.3 Å². The van der Waals surface area contributed by atoms with Crippen LogP contribution in [0.3, 0.4) is 0 Å². The van der Waals surface area contributed by atoms with E-state index in [9.17, 15) is 32.0 Å². The molecule has 0 saturated carbocycles. The second kappa shape index (κ2) is 30.0. The molecule has 3 aromatic rings. The number of nitrogens with zero attached hydrogens (tertiary/aromatic N) is 2. The number of ether oxygens (including phenoxy) is 6. The lowest BCUT2D eigenvalue weighted by Gasteiger charge is -2.19. The number of nitrogens with one attached hydrogen (secondary N) is 3. The van der Waals surface area contributed by atoms with E-state index in [-0.39, 0.29) is 93.4 Å². The molecule has 1 aromatic heterocycles. The van der Waals surface area contributed by atoms with Crippen molar-refractivity contribution in [2.24, 2.45) is 0 Å². The van der Waals surface area contributed by atoms with E-state index in [1.807, 2.05) is 20.8 Å². The summed E-state index contributed by atoms with van der Waals surface area (Å²) >= 11 is 0. The predicted molar refractivity (Wildman–Crippen MR) is 238 cm³/mol. The molecule has 1 heterocycles. The van der Waals surface area contributed by atoms with E-state index in [0.717, 1.165) is 57.8 Å². The van der Waals surface area contributed by atoms with Crippen LogP contribution in [-0.4, -0.2) is 119 Å². The fraction of sp³-hybridized carbons (Fsp3) is 0.556. The summed E-state index contributed by atoms with van der Waals surface area (Å²) in [6.45, 7) is 6.44. The molecule has 20 heteroatoms. The Bertz CT molecular complexity index is 2000. The highest BCUT2D eigenvalue weighted by Crippen LogP contribution is 2.27. The lowest BCUT2D eigenvalue weighted by Crippen LogP contribution is -2.31. The number of sulfonamides is 1. The molecule has 18 nitrogen and oxygen atoms in total. The molecule has 3 rings (SSSR count). The quantitative estimate of drug-likeness (QED) is 0.0397. The number of halogens is 1. The van der Waals surface area contributed by atoms with E-state index in [0.29, 0.717) is 29.9 Å². The Morgan fingerprint density at radius 3 is 1.86 bits per heavy atom. The van der Waals surface area contributed by atoms with Gasteiger partial charge in [0.2, 0.25) is 11.7 Å². The highest BCUT2D eigenvalue weighted by atomic mass is 32.2. The van der Waals surface area contributed by atoms with Crippen LogP contribution in [-0.2, 0) is 54.5 Å². The minimum absolute atomic E-state index is 0.0370. The zero-order valence-corrected chi connectivity index (χ0v) is 38.4. The molecule has 0 fully saturated rings. The van der Waals surface area contributed by atoms with Crippen molar-refractivity contribution in [1.29, 1.82) is 0 Å². The van der Waals surface area contributed by atoms with Gasteiger partial charge in [-0.2, -0.15) is 0 Å². The van der Waals surface area contributed by atoms with Gasteiger partial charge in [-0.3, -0.25) is 19.1 Å². The van der Waals surface area contributed by atoms with Crippen LogP contribution in [0.25, 0.3) is 0 Å². The number of esters is 1. The summed E-state index contributed by atoms with van der Waals surface area (Å²) < 4.78 is 75.0. The van der Waals surface area contributed by atoms with Crippen molar-refractivity contribution >= 4 is 39.5 Å². The minimum Gasteiger partial charge on any atom is -0.480 e. The van der Waals surface area contributed by atoms with Gasteiger partial charge in [0.15, 0.2) is 0 Å². The van der Waals surface area contributed by atoms with Crippen molar-refractivity contribution in [3.8, 4) is 11.5 Å². The average molecular weight is 934 g/mol. The third-order valence-electron chi connectivity index (χ3n) is 9.04. The maximum absolute atomic E-state index is 14.6. The number of carbonyl (C=O) groups is 4. The van der Waals surface area contributed by atoms with Crippen LogP contribution in [0, 0.1) is 5.82 Å². The molecule has 4 N–H and O–H groups in total. The van der Waals surface area contributed by atoms with Crippen molar-refractivity contribution in [3.05, 3.63) is 72.1 Å². The number of benzene rings is 2. The van der Waals surface area contributed by atoms with Crippen molar-refractivity contribution < 1.29 is 65.5 Å². The molecule has 0 saturated heterocycles. The van der Waals surface area contributed by atoms with Gasteiger partial charge in [0.25, 0.3) is 15.9 Å². The standard InChI is InChI=1S/C45H64FN5O13S/c1-45(2,3)64-42(55)14-12-10-8-6-4-5-7-9-11-13-34-29-37(17-20-39(34)46)63-36-15-18-38(19-16-36)65(57,58)51-35-30-49-43(50-31-35)44(56)48-22-24-60-25-27-61-32-40(52)47-21-23-59-26-28-62-33-41(53)54/h15-20,29-31,51H,4-14,21-28,32-33H2,1-3H3,(H,47,52)(H,48,56)(H,53,54). The van der Waals surface area contributed by atoms with Gasteiger partial charge in [0.05, 0.1) is 62.6 Å². The first kappa shape index (κ1) is 54.1. The molecule has 360 valence electrons. The van der Waals surface area contributed by atoms with E-state index in [4.69, 9.17) is 33.5 Å². The van der Waals surface area contributed by atoms with E-state index in [1.54, 1.807) is 6.07 Å². The van der Waals surface area contributed by atoms with Crippen LogP contribution in [0.2, 0.25) is 0 Å². The van der Waals surface area contributed by atoms with Gasteiger partial charge in [-0.25, -0.2) is 27.6 Å². The number of unbranched alkanes of at least 4 members (excludes halogenated alkanes) is 8. The monoisotopic (exact) mass is 933 g/mol. The van der Waals surface area contributed by atoms with Gasteiger partial charge in [0.1, 0.15) is 36.1 Å². The molecular weight excluding hydrogens is 870 g/mol. The summed E-state index contributed by atoms with van der Waals surface area (Å²) in [5, 5.41) is 13.7. The Balaban J connectivity index is 1.27. The lowest BCUT2D eigenvalue weighted by atomic mass is 10.0. The van der Waals surface area contributed by atoms with Crippen LogP contribution in [0.1, 0.15) is 101 Å². The summed E-state index contributed by atoms with van der Waals surface area (Å²) in [5.41, 5.74) is 0.147. The molecule has 2 amide bonds. The van der Waals surface area contributed by atoms with Gasteiger partial charge in [0, 0.05) is 19.5 Å². The van der Waals surface area contributed by atoms with Gasteiger partial charge in [-0.15, -0.1) is 0 Å². The Labute approximate surface area is 380 Å². The number of aliphatic carboxylic acids is 1. The normalized spacial score (nSPS) is 11.5. The molecule has 0 aliphatic carbocycles. The van der Waals surface area contributed by atoms with Crippen molar-refractivity contribution in [2.75, 3.05) is 70.7 Å². The molecule has 0 spiro atoms. The van der Waals surface area contributed by atoms with E-state index < -0.39 is 34.1 Å². The van der Waals surface area contributed by atoms with Crippen molar-refractivity contribution in [1.82, 2.24) is 20.6 Å². The maximum Gasteiger partial charge on any atom is 0.329 e. The minimum atomic E-state index is -4.05. The molecule has 0 bridgehead atoms. The number of aryl methyl sites for hydroxylation is 1. The molecule has 2 aromatic carbocycles. The topological polar surface area (TPSA) is 240 Å². The summed E-state index contributed by atoms with van der Waals surface area (Å²) in [4.78, 5) is 54.2. The highest BCUT2D eigenvalue weighted by Gasteiger charge is 2.17. The van der Waals surface area contributed by atoms with Crippen molar-refractivity contribution in [3.63, 3.8) is 0 Å². The van der Waals surface area contributed by atoms with Gasteiger partial charge < -0.3 is 44.2 Å². The predicted octanol–water partition coefficient (Wildman–Crippen LogP) is 5.99. The Hall–Kier alpha value is -5.28. The molecule has 65 heavy (non-hydrogen) atoms. The zero-order chi connectivity index (χ0) is 47.3. The number of aromatic nitrogens is 2. The fourth-order valence-corrected chi connectivity index (χ4v) is 6.98. The first-order valence-corrected chi connectivity index (χ1v) is 23.3. The first-order chi connectivity index (χ1) is 31.1. The molecular formula is C45H64FN5O13S. The molecule has 0 unspecified atom stereocenters. The second-order valence-electron chi connectivity index (χ2n) is 15.8. The van der Waals surface area contributed by atoms with Crippen LogP contribution in [0.15, 0.2) is 59.8 Å². The number of hydrogen-bond donors (Lipinski definition) is 4. The number of hydrogen-bond acceptors (Lipinski definition) is 14. The number of amides is 2. The number of carbonyl (C=O) groups excluding carboxylic acids is 3. The van der Waals surface area contributed by atoms with E-state index in [1.165, 1.54) is 48.8 Å². The summed E-state index contributed by atoms with van der Waals surface area (Å²) in [5.74, 6) is -1.83. The van der Waals surface area contributed by atoms with Crippen LogP contribution >= 0.6 is 0 Å². The fourth-order valence-electron chi connectivity index (χ4n) is 5.95. The molecule has 0 atom stereocenters. The zero-order valence-electron chi connectivity index (χ0n) is 37.6. The van der Waals surface area contributed by atoms with Crippen LogP contribution in [0.5, 0.6) is 11.5 Å². The Morgan fingerprint density at radius 2 is 1.25 bits per heavy atom. The third kappa shape index (κ3) is 24.6. The summed E-state index contributed by atoms with van der Waals surface area (Å²) in [6, 6.07) is 10.3. The second-order valence-corrected chi connectivity index (χ2v) is 17.5. The van der Waals surface area contributed by atoms with E-state index >= 15 is 0 Å². The number of carboxylic acid groups (broad SMARTS) is 1. The van der Waals surface area contributed by atoms with Crippen LogP contribution in [0.4, 0.5) is 10.1 Å². The number of rotatable bonds is 34. The average Bonchev–Trinajstić information content (AvgIpc) is 3.25. The SMILES string of the molecule is CC(C)(C)OC(=O)CCCCCCCCCCCc1cc(Oc2ccc(S(=O)(=O)Nc3cnc(C(=O)NCCOCCOCC(=O)NCCOCCOCC(=O)O)nc3)cc2)ccc1F. The Morgan fingerprint density at radius 1 is 0.692 bits per heavy atom. The first-order valence-electron chi connectivity index (χ1n) is 21.8. The lowest BCUT2D eigenvalue weighted by molar-refractivity contribution is -0.155. The summed E-state index contributed by atoms with van der Waals surface area (Å²) in [6.07, 6.45) is 12.6. The van der Waals surface area contributed by atoms with Gasteiger partial charge >= 0.3 is 11.9 Å². The molecule has 0 radical (unpaired) electrons. The van der Waals surface area contributed by atoms with Crippen LogP contribution < -0.4 is 20.1 Å². The third-order valence-corrected chi connectivity index (χ3v) is 10.4. The summed E-state index contributed by atoms with van der Waals surface area (Å²) in [7, 11) is -4.05. The van der Waals surface area contributed by atoms with Gasteiger partial charge in [-0.1, -0.05) is 44.9 Å². The number of carboxylic acids is 1. The molecule has 0 aliphatic rings. The van der Waals surface area contributed by atoms with Crippen molar-refractivity contribution in [2.45, 2.75) is 102 Å². The maximum atomic E-state index is 14.6. The van der Waals surface area contributed by atoms with Gasteiger partial charge in [-0.05, 0) is 88.1 Å².